The molecule has 8 atom stereocenters. The van der Waals surface area contributed by atoms with Gasteiger partial charge in [-0.3, -0.25) is 47.9 Å². The molecule has 2 heterocycles. The van der Waals surface area contributed by atoms with Gasteiger partial charge < -0.3 is 55.2 Å². The van der Waals surface area contributed by atoms with Gasteiger partial charge in [-0.2, -0.15) is 0 Å². The first kappa shape index (κ1) is 64.8. The van der Waals surface area contributed by atoms with Crippen LogP contribution >= 0.6 is 0 Å². The van der Waals surface area contributed by atoms with Crippen LogP contribution < -0.4 is 16.0 Å². The molecule has 0 radical (unpaired) electrons. The Hall–Kier alpha value is -6.74. The van der Waals surface area contributed by atoms with Gasteiger partial charge in [-0.25, -0.2) is 0 Å². The summed E-state index contributed by atoms with van der Waals surface area (Å²) in [6, 6.07) is 9.99. The SMILES string of the molecule is CC(C)C[C@H]1C(=O)N(C)[C@@H](Cc2ccccc2)C(=O)NCC(=O)C[C@H](C(=O)N2CCCCC2)CC(=O)N(C)CCC(=O)N[C@@H]([C@@H](C)O)C(=O)N(C)[C@@H](C)C(=O)N[C@@H](COC(C)(C)C)C(=O)N(C)[C@@H](Cc2ccccc2)C(=O)N1C. The number of carbonyl (C=O) groups excluding carboxylic acids is 10. The van der Waals surface area contributed by atoms with Gasteiger partial charge in [0.1, 0.15) is 36.3 Å². The Balaban J connectivity index is 1.84. The van der Waals surface area contributed by atoms with Crippen LogP contribution in [0.2, 0.25) is 0 Å². The molecule has 0 spiro atoms. The van der Waals surface area contributed by atoms with E-state index in [0.717, 1.165) is 24.2 Å². The number of Topliss-reactive ketones (excluding diaryl/α,β-unsaturated/α-hetero) is 1. The molecule has 4 rings (SSSR count). The van der Waals surface area contributed by atoms with Gasteiger partial charge >= 0.3 is 0 Å². The standard InChI is InChI=1S/C58H87N9O12/c1-37(2)30-46-55(76)64(10)45(31-40-22-16-13-17-23-40)52(73)59-35-43(69)33-42(53(74)67-27-20-15-21-28-67)34-49(71)62(8)29-26-48(70)61-50(39(4)68)57(78)63(9)38(3)51(72)60-44(36-79-58(5,6)7)54(75)65(11)47(56(77)66(46)12)32-41-24-18-14-19-25-41/h13-14,16-19,22-25,37-39,42,44-47,50,68H,15,20-21,26-36H2,1-12H3,(H,59,73)(H,60,72)(H,61,70)/t38-,39+,42-,44-,45-,46-,47-,50-/m0/s1. The van der Waals surface area contributed by atoms with Crippen LogP contribution in [-0.4, -0.2) is 209 Å². The van der Waals surface area contributed by atoms with Crippen LogP contribution in [0.3, 0.4) is 0 Å². The molecular weight excluding hydrogens is 1010 g/mol. The lowest BCUT2D eigenvalue weighted by Crippen LogP contribution is -2.61. The summed E-state index contributed by atoms with van der Waals surface area (Å²) in [5.41, 5.74) is 0.563. The molecule has 0 unspecified atom stereocenters. The number of carbonyl (C=O) groups is 10. The number of likely N-dealkylation sites (N-methyl/N-ethyl adjacent to an activating group) is 4. The summed E-state index contributed by atoms with van der Waals surface area (Å²) in [6.45, 7) is 11.5. The Morgan fingerprint density at radius 3 is 1.73 bits per heavy atom. The van der Waals surface area contributed by atoms with E-state index in [-0.39, 0.29) is 51.2 Å². The number of amides is 9. The van der Waals surface area contributed by atoms with Crippen LogP contribution in [0.25, 0.3) is 0 Å². The zero-order valence-electron chi connectivity index (χ0n) is 48.5. The number of hydrogen-bond donors (Lipinski definition) is 4. The first-order valence-corrected chi connectivity index (χ1v) is 27.5. The third-order valence-corrected chi connectivity index (χ3v) is 14.7. The summed E-state index contributed by atoms with van der Waals surface area (Å²) in [4.78, 5) is 151. The Bertz CT molecular complexity index is 2430. The Morgan fingerprint density at radius 2 is 1.19 bits per heavy atom. The number of aliphatic hydroxyl groups is 1. The molecule has 0 aliphatic carbocycles. The number of rotatable bonds is 10. The molecule has 0 saturated carbocycles. The minimum absolute atomic E-state index is 0.0178. The predicted octanol–water partition coefficient (Wildman–Crippen LogP) is 1.97. The van der Waals surface area contributed by atoms with Gasteiger partial charge in [-0.1, -0.05) is 74.5 Å². The largest absolute Gasteiger partial charge is 0.391 e. The van der Waals surface area contributed by atoms with Gasteiger partial charge in [0.25, 0.3) is 0 Å². The summed E-state index contributed by atoms with van der Waals surface area (Å²) in [5, 5.41) is 18.7. The van der Waals surface area contributed by atoms with E-state index in [0.29, 0.717) is 24.2 Å². The van der Waals surface area contributed by atoms with Crippen molar-refractivity contribution in [3.8, 4) is 0 Å². The number of ether oxygens (including phenoxy) is 1. The van der Waals surface area contributed by atoms with Gasteiger partial charge in [-0.15, -0.1) is 0 Å². The van der Waals surface area contributed by atoms with Gasteiger partial charge in [0.2, 0.25) is 53.2 Å². The average molecular weight is 1100 g/mol. The second kappa shape index (κ2) is 30.0. The lowest BCUT2D eigenvalue weighted by atomic mass is 9.94. The van der Waals surface area contributed by atoms with Crippen LogP contribution in [-0.2, 0) is 65.5 Å². The quantitative estimate of drug-likeness (QED) is 0.267. The zero-order valence-corrected chi connectivity index (χ0v) is 48.5. The normalized spacial score (nSPS) is 24.9. The molecule has 2 aromatic rings. The van der Waals surface area contributed by atoms with Gasteiger partial charge in [0.05, 0.1) is 30.8 Å². The van der Waals surface area contributed by atoms with E-state index in [1.165, 1.54) is 68.7 Å². The second-order valence-corrected chi connectivity index (χ2v) is 22.6. The third-order valence-electron chi connectivity index (χ3n) is 14.7. The fourth-order valence-electron chi connectivity index (χ4n) is 9.57. The van der Waals surface area contributed by atoms with Crippen molar-refractivity contribution in [3.63, 3.8) is 0 Å². The topological polar surface area (TPSA) is 256 Å². The molecule has 0 bridgehead atoms. The first-order chi connectivity index (χ1) is 37.1. The Morgan fingerprint density at radius 1 is 0.658 bits per heavy atom. The van der Waals surface area contributed by atoms with Crippen molar-refractivity contribution in [3.05, 3.63) is 71.8 Å². The van der Waals surface area contributed by atoms with E-state index in [2.05, 4.69) is 16.0 Å². The number of likely N-dealkylation sites (tertiary alicyclic amines) is 1. The number of nitrogens with zero attached hydrogens (tertiary/aromatic N) is 6. The van der Waals surface area contributed by atoms with Crippen molar-refractivity contribution in [1.82, 2.24) is 45.3 Å². The fourth-order valence-corrected chi connectivity index (χ4v) is 9.57. The van der Waals surface area contributed by atoms with Crippen LogP contribution in [0.1, 0.15) is 105 Å². The van der Waals surface area contributed by atoms with E-state index in [1.54, 1.807) is 86.3 Å². The molecule has 21 heteroatoms. The van der Waals surface area contributed by atoms with Crippen molar-refractivity contribution < 1.29 is 57.8 Å². The van der Waals surface area contributed by atoms with Crippen molar-refractivity contribution in [2.45, 2.75) is 154 Å². The van der Waals surface area contributed by atoms with Crippen molar-refractivity contribution >= 4 is 58.9 Å². The van der Waals surface area contributed by atoms with Crippen LogP contribution in [0, 0.1) is 11.8 Å². The van der Waals surface area contributed by atoms with Gasteiger partial charge in [0, 0.05) is 87.0 Å². The first-order valence-electron chi connectivity index (χ1n) is 27.5. The molecule has 4 N–H and O–H groups in total. The summed E-state index contributed by atoms with van der Waals surface area (Å²) < 4.78 is 6.07. The van der Waals surface area contributed by atoms with E-state index in [9.17, 15) is 43.5 Å². The highest BCUT2D eigenvalue weighted by atomic mass is 16.5. The van der Waals surface area contributed by atoms with E-state index in [4.69, 9.17) is 4.74 Å². The molecule has 2 fully saturated rings. The maximum Gasteiger partial charge on any atom is 0.248 e. The van der Waals surface area contributed by atoms with Crippen LogP contribution in [0.15, 0.2) is 60.7 Å². The molecule has 436 valence electrons. The number of ketones is 1. The fraction of sp³-hybridized carbons (Fsp3) is 0.621. The number of aliphatic hydroxyl groups excluding tert-OH is 1. The lowest BCUT2D eigenvalue weighted by Gasteiger charge is -2.39. The highest BCUT2D eigenvalue weighted by Crippen LogP contribution is 2.23. The molecule has 2 saturated heterocycles. The van der Waals surface area contributed by atoms with Crippen LogP contribution in [0.4, 0.5) is 0 Å². The van der Waals surface area contributed by atoms with Crippen molar-refractivity contribution in [2.75, 3.05) is 68.0 Å². The van der Waals surface area contributed by atoms with Crippen molar-refractivity contribution in [1.29, 1.82) is 0 Å². The number of piperidine rings is 1. The monoisotopic (exact) mass is 1100 g/mol. The molecule has 0 aromatic heterocycles. The maximum atomic E-state index is 15.3. The molecule has 2 aromatic carbocycles. The zero-order chi connectivity index (χ0) is 58.9. The number of hydrogen-bond acceptors (Lipinski definition) is 12. The molecule has 79 heavy (non-hydrogen) atoms. The van der Waals surface area contributed by atoms with Gasteiger partial charge in [-0.05, 0) is 77.3 Å². The minimum atomic E-state index is -1.54. The summed E-state index contributed by atoms with van der Waals surface area (Å²) >= 11 is 0. The van der Waals surface area contributed by atoms with Gasteiger partial charge in [0.15, 0.2) is 5.78 Å². The smallest absolute Gasteiger partial charge is 0.248 e. The average Bonchev–Trinajstić information content (AvgIpc) is 3.43. The summed E-state index contributed by atoms with van der Waals surface area (Å²) in [6.07, 6.45) is -0.0136. The highest BCUT2D eigenvalue weighted by molar-refractivity contribution is 5.98. The molecular formula is C58H87N9O12. The van der Waals surface area contributed by atoms with E-state index >= 15 is 9.59 Å². The molecule has 21 nitrogen and oxygen atoms in total. The molecule has 2 aliphatic rings. The summed E-state index contributed by atoms with van der Waals surface area (Å²) in [7, 11) is 7.07. The summed E-state index contributed by atoms with van der Waals surface area (Å²) in [5.74, 6) is -7.75. The lowest BCUT2D eigenvalue weighted by molar-refractivity contribution is -0.153. The van der Waals surface area contributed by atoms with E-state index < -0.39 is 126 Å². The third kappa shape index (κ3) is 19.2. The van der Waals surface area contributed by atoms with Crippen molar-refractivity contribution in [2.24, 2.45) is 11.8 Å². The minimum Gasteiger partial charge on any atom is -0.391 e. The van der Waals surface area contributed by atoms with Crippen LogP contribution in [0.5, 0.6) is 0 Å². The molecule has 2 aliphatic heterocycles. The molecule has 9 amide bonds. The Labute approximate surface area is 466 Å². The second-order valence-electron chi connectivity index (χ2n) is 22.6. The number of benzene rings is 2. The predicted molar refractivity (Wildman–Crippen MR) is 296 cm³/mol. The Kier molecular flexibility index (Phi) is 24.6. The maximum absolute atomic E-state index is 15.3. The number of nitrogens with one attached hydrogen (secondary N) is 3. The highest BCUT2D eigenvalue weighted by Gasteiger charge is 2.42. The van der Waals surface area contributed by atoms with E-state index in [1.807, 2.05) is 13.8 Å².